The van der Waals surface area contributed by atoms with Crippen LogP contribution in [0, 0.1) is 11.3 Å². The molecule has 2 aromatic heterocycles. The summed E-state index contributed by atoms with van der Waals surface area (Å²) in [5.74, 6) is -0.675. The minimum Gasteiger partial charge on any atom is -0.382 e. The molecule has 5 atom stereocenters. The molecular weight excluding hydrogens is 441 g/mol. The third-order valence-electron chi connectivity index (χ3n) is 5.24. The van der Waals surface area contributed by atoms with Crippen molar-refractivity contribution in [2.45, 2.75) is 50.5 Å². The van der Waals surface area contributed by atoms with Gasteiger partial charge in [-0.05, 0) is 32.9 Å². The van der Waals surface area contributed by atoms with Gasteiger partial charge in [0.2, 0.25) is 5.60 Å². The first-order chi connectivity index (χ1) is 15.3. The van der Waals surface area contributed by atoms with Gasteiger partial charge in [0.15, 0.2) is 11.6 Å². The van der Waals surface area contributed by atoms with Crippen LogP contribution in [0.3, 0.4) is 0 Å². The van der Waals surface area contributed by atoms with Crippen molar-refractivity contribution in [1.82, 2.24) is 14.6 Å². The molecule has 2 fully saturated rings. The van der Waals surface area contributed by atoms with E-state index in [0.717, 1.165) is 0 Å². The molecule has 1 unspecified atom stereocenters. The molecule has 0 saturated carbocycles. The minimum atomic E-state index is -2.15. The molecule has 0 aliphatic carbocycles. The van der Waals surface area contributed by atoms with Crippen molar-refractivity contribution in [2.24, 2.45) is 0 Å². The number of nitriles is 1. The summed E-state index contributed by atoms with van der Waals surface area (Å²) in [7, 11) is -2.15. The predicted octanol–water partition coefficient (Wildman–Crippen LogP) is 1.24. The van der Waals surface area contributed by atoms with Crippen LogP contribution in [0.2, 0.25) is 0 Å². The molecule has 0 radical (unpaired) electrons. The first-order valence-electron chi connectivity index (χ1n) is 10.2. The fourth-order valence-electron chi connectivity index (χ4n) is 3.96. The van der Waals surface area contributed by atoms with E-state index in [-0.39, 0.29) is 19.0 Å². The monoisotopic (exact) mass is 467 g/mol. The standard InChI is InChI=1S/C19H26N5O7P/c1-4-26-7-8-27-32(25)28-9-13-15-16(31-18(2,3)30-15)19(10-20,29-13)14-6-5-12-17(21)22-11-23-24(12)14/h5-6,11,13,15-16,25H,4,7-9H2,1-3H3,(H2,21,22,23)/t13-,15-,16-,19+,32?/m1/s1. The maximum atomic E-state index is 10.3. The number of hydrogen-bond acceptors (Lipinski definition) is 11. The van der Waals surface area contributed by atoms with Gasteiger partial charge in [0, 0.05) is 6.61 Å². The normalized spacial score (nSPS) is 29.8. The van der Waals surface area contributed by atoms with Crippen LogP contribution in [0.1, 0.15) is 26.5 Å². The Hall–Kier alpha value is -1.94. The number of hydrogen-bond donors (Lipinski definition) is 2. The molecule has 0 aromatic carbocycles. The number of rotatable bonds is 9. The predicted molar refractivity (Wildman–Crippen MR) is 111 cm³/mol. The van der Waals surface area contributed by atoms with E-state index in [1.165, 1.54) is 10.8 Å². The lowest BCUT2D eigenvalue weighted by molar-refractivity contribution is -0.204. The Morgan fingerprint density at radius 3 is 2.84 bits per heavy atom. The molecule has 4 heterocycles. The summed E-state index contributed by atoms with van der Waals surface area (Å²) in [6.45, 7) is 6.42. The van der Waals surface area contributed by atoms with Gasteiger partial charge < -0.3 is 38.6 Å². The maximum Gasteiger partial charge on any atom is 0.330 e. The van der Waals surface area contributed by atoms with Crippen molar-refractivity contribution < 1.29 is 32.9 Å². The fourth-order valence-corrected chi connectivity index (χ4v) is 4.54. The molecule has 0 spiro atoms. The average molecular weight is 467 g/mol. The van der Waals surface area contributed by atoms with Crippen molar-refractivity contribution in [3.63, 3.8) is 0 Å². The molecule has 32 heavy (non-hydrogen) atoms. The molecule has 12 nitrogen and oxygen atoms in total. The van der Waals surface area contributed by atoms with E-state index in [9.17, 15) is 10.2 Å². The molecule has 3 N–H and O–H groups in total. The van der Waals surface area contributed by atoms with Crippen LogP contribution in [-0.4, -0.2) is 70.0 Å². The summed E-state index contributed by atoms with van der Waals surface area (Å²) in [6.07, 6.45) is -0.799. The van der Waals surface area contributed by atoms with Crippen LogP contribution < -0.4 is 5.73 Å². The van der Waals surface area contributed by atoms with Crippen molar-refractivity contribution in [2.75, 3.05) is 32.2 Å². The van der Waals surface area contributed by atoms with Crippen LogP contribution >= 0.6 is 8.60 Å². The van der Waals surface area contributed by atoms with Crippen LogP contribution in [-0.2, 0) is 33.6 Å². The summed E-state index contributed by atoms with van der Waals surface area (Å²) in [5.41, 5.74) is 5.37. The van der Waals surface area contributed by atoms with Crippen molar-refractivity contribution in [1.29, 1.82) is 5.26 Å². The number of nitrogen functional groups attached to an aromatic ring is 1. The molecule has 0 bridgehead atoms. The molecule has 0 amide bonds. The molecule has 2 saturated heterocycles. The van der Waals surface area contributed by atoms with Gasteiger partial charge in [-0.1, -0.05) is 0 Å². The van der Waals surface area contributed by atoms with Gasteiger partial charge in [-0.15, -0.1) is 0 Å². The van der Waals surface area contributed by atoms with Crippen LogP contribution in [0.5, 0.6) is 0 Å². The zero-order valence-electron chi connectivity index (χ0n) is 18.0. The summed E-state index contributed by atoms with van der Waals surface area (Å²) >= 11 is 0. The fraction of sp³-hybridized carbons (Fsp3) is 0.632. The lowest BCUT2D eigenvalue weighted by Gasteiger charge is -2.29. The zero-order valence-corrected chi connectivity index (χ0v) is 18.9. The number of ether oxygens (including phenoxy) is 4. The van der Waals surface area contributed by atoms with Crippen molar-refractivity contribution in [3.05, 3.63) is 24.2 Å². The van der Waals surface area contributed by atoms with Gasteiger partial charge in [-0.2, -0.15) is 10.4 Å². The smallest absolute Gasteiger partial charge is 0.330 e. The summed E-state index contributed by atoms with van der Waals surface area (Å²) in [5, 5.41) is 14.5. The highest BCUT2D eigenvalue weighted by molar-refractivity contribution is 7.40. The second-order valence-corrected chi connectivity index (χ2v) is 8.74. The highest BCUT2D eigenvalue weighted by Gasteiger charge is 2.65. The van der Waals surface area contributed by atoms with E-state index in [1.807, 2.05) is 6.92 Å². The molecule has 4 rings (SSSR count). The van der Waals surface area contributed by atoms with Gasteiger partial charge in [-0.3, -0.25) is 0 Å². The third kappa shape index (κ3) is 4.19. The molecule has 2 aliphatic heterocycles. The second kappa shape index (κ2) is 9.13. The van der Waals surface area contributed by atoms with Crippen molar-refractivity contribution >= 4 is 19.9 Å². The van der Waals surface area contributed by atoms with Gasteiger partial charge in [0.25, 0.3) is 0 Å². The Balaban J connectivity index is 1.57. The number of fused-ring (bicyclic) bond motifs is 2. The zero-order chi connectivity index (χ0) is 22.9. The molecule has 13 heteroatoms. The van der Waals surface area contributed by atoms with E-state index in [1.54, 1.807) is 26.0 Å². The van der Waals surface area contributed by atoms with Gasteiger partial charge >= 0.3 is 8.60 Å². The van der Waals surface area contributed by atoms with Crippen molar-refractivity contribution in [3.8, 4) is 6.07 Å². The Morgan fingerprint density at radius 1 is 1.28 bits per heavy atom. The Morgan fingerprint density at radius 2 is 2.09 bits per heavy atom. The van der Waals surface area contributed by atoms with E-state index in [2.05, 4.69) is 16.2 Å². The summed E-state index contributed by atoms with van der Waals surface area (Å²) < 4.78 is 35.7. The molecule has 2 aliphatic rings. The average Bonchev–Trinajstić information content (AvgIpc) is 3.41. The first kappa shape index (κ1) is 23.2. The lowest BCUT2D eigenvalue weighted by Crippen LogP contribution is -2.40. The molecule has 174 valence electrons. The van der Waals surface area contributed by atoms with E-state index >= 15 is 0 Å². The van der Waals surface area contributed by atoms with Gasteiger partial charge in [-0.25, -0.2) is 9.50 Å². The highest BCUT2D eigenvalue weighted by atomic mass is 31.2. The Labute approximate surface area is 186 Å². The number of anilines is 1. The Kier molecular flexibility index (Phi) is 6.63. The molecular formula is C19H26N5O7P. The lowest BCUT2D eigenvalue weighted by atomic mass is 9.92. The van der Waals surface area contributed by atoms with Crippen LogP contribution in [0.4, 0.5) is 5.82 Å². The Bertz CT molecular complexity index is 998. The van der Waals surface area contributed by atoms with Crippen LogP contribution in [0.25, 0.3) is 5.52 Å². The number of aromatic nitrogens is 3. The van der Waals surface area contributed by atoms with Gasteiger partial charge in [0.05, 0.1) is 25.5 Å². The highest BCUT2D eigenvalue weighted by Crippen LogP contribution is 2.50. The summed E-state index contributed by atoms with van der Waals surface area (Å²) in [6, 6.07) is 5.67. The topological polar surface area (TPSA) is 156 Å². The quantitative estimate of drug-likeness (QED) is 0.404. The van der Waals surface area contributed by atoms with Crippen LogP contribution in [0.15, 0.2) is 18.5 Å². The maximum absolute atomic E-state index is 10.3. The largest absolute Gasteiger partial charge is 0.382 e. The SMILES string of the molecule is CCOCCOP(O)OC[C@H]1O[C@@](C#N)(c2ccc3c(N)ncnn23)[C@@H]2OC(C)(C)O[C@@H]21. The first-order valence-corrected chi connectivity index (χ1v) is 11.3. The summed E-state index contributed by atoms with van der Waals surface area (Å²) in [4.78, 5) is 14.0. The number of nitrogens with zero attached hydrogens (tertiary/aromatic N) is 4. The van der Waals surface area contributed by atoms with Gasteiger partial charge in [0.1, 0.15) is 36.2 Å². The third-order valence-corrected chi connectivity index (χ3v) is 6.02. The van der Waals surface area contributed by atoms with E-state index in [0.29, 0.717) is 24.4 Å². The van der Waals surface area contributed by atoms with E-state index < -0.39 is 38.3 Å². The second-order valence-electron chi connectivity index (χ2n) is 7.75. The number of nitrogens with two attached hydrogens (primary N) is 1. The minimum absolute atomic E-state index is 0.0681. The van der Waals surface area contributed by atoms with E-state index in [4.69, 9.17) is 33.7 Å². The molecule has 2 aromatic rings.